The van der Waals surface area contributed by atoms with E-state index in [1.165, 1.54) is 12.1 Å². The Morgan fingerprint density at radius 2 is 1.90 bits per heavy atom. The number of benzene rings is 3. The molecular formula is C32H28FN5O4. The van der Waals surface area contributed by atoms with E-state index in [0.717, 1.165) is 17.0 Å². The summed E-state index contributed by atoms with van der Waals surface area (Å²) in [5.74, 6) is -0.396. The van der Waals surface area contributed by atoms with Crippen LogP contribution in [0.1, 0.15) is 32.9 Å². The van der Waals surface area contributed by atoms with Crippen molar-refractivity contribution < 1.29 is 23.8 Å². The summed E-state index contributed by atoms with van der Waals surface area (Å²) in [6, 6.07) is 24.3. The number of methoxy groups -OCH3 is 1. The van der Waals surface area contributed by atoms with Crippen LogP contribution in [0.4, 0.5) is 4.39 Å². The van der Waals surface area contributed by atoms with E-state index in [2.05, 4.69) is 4.98 Å². The van der Waals surface area contributed by atoms with Crippen LogP contribution in [0.2, 0.25) is 0 Å². The van der Waals surface area contributed by atoms with Crippen LogP contribution in [0.15, 0.2) is 78.9 Å². The number of ether oxygens (including phenoxy) is 2. The largest absolute Gasteiger partial charge is 0.478 e. The molecule has 10 heteroatoms. The van der Waals surface area contributed by atoms with Crippen LogP contribution in [0.3, 0.4) is 0 Å². The van der Waals surface area contributed by atoms with Gasteiger partial charge >= 0.3 is 5.97 Å². The Labute approximate surface area is 241 Å². The molecule has 0 radical (unpaired) electrons. The van der Waals surface area contributed by atoms with Gasteiger partial charge in [-0.05, 0) is 42.0 Å². The van der Waals surface area contributed by atoms with Crippen molar-refractivity contribution in [1.82, 2.24) is 14.5 Å². The average Bonchev–Trinajstić information content (AvgIpc) is 3.35. The fourth-order valence-electron chi connectivity index (χ4n) is 4.61. The predicted molar refractivity (Wildman–Crippen MR) is 154 cm³/mol. The van der Waals surface area contributed by atoms with E-state index in [0.29, 0.717) is 47.7 Å². The smallest absolute Gasteiger partial charge is 0.335 e. The fourth-order valence-corrected chi connectivity index (χ4v) is 4.61. The van der Waals surface area contributed by atoms with E-state index >= 15 is 0 Å². The molecule has 0 bridgehead atoms. The van der Waals surface area contributed by atoms with Crippen LogP contribution in [-0.2, 0) is 24.3 Å². The Morgan fingerprint density at radius 1 is 1.10 bits per heavy atom. The average molecular weight is 566 g/mol. The van der Waals surface area contributed by atoms with Gasteiger partial charge in [0.15, 0.2) is 0 Å². The summed E-state index contributed by atoms with van der Waals surface area (Å²) in [7, 11) is 1.59. The van der Waals surface area contributed by atoms with Crippen LogP contribution < -0.4 is 10.5 Å². The van der Waals surface area contributed by atoms with Crippen LogP contribution >= 0.6 is 0 Å². The monoisotopic (exact) mass is 565 g/mol. The molecule has 2 aromatic heterocycles. The van der Waals surface area contributed by atoms with Gasteiger partial charge < -0.3 is 24.9 Å². The number of carbonyl (C=O) groups is 1. The van der Waals surface area contributed by atoms with Crippen molar-refractivity contribution in [2.75, 3.05) is 13.7 Å². The van der Waals surface area contributed by atoms with Crippen LogP contribution in [0, 0.1) is 17.1 Å². The number of carboxylic acids is 1. The quantitative estimate of drug-likeness (QED) is 0.230. The molecule has 0 fully saturated rings. The van der Waals surface area contributed by atoms with E-state index in [9.17, 15) is 14.3 Å². The van der Waals surface area contributed by atoms with Gasteiger partial charge in [0.1, 0.15) is 18.2 Å². The maximum absolute atomic E-state index is 14.2. The Balaban J connectivity index is 1.35. The molecule has 1 atom stereocenters. The van der Waals surface area contributed by atoms with Crippen LogP contribution in [0.5, 0.6) is 5.88 Å². The van der Waals surface area contributed by atoms with Gasteiger partial charge in [-0.3, -0.25) is 0 Å². The maximum Gasteiger partial charge on any atom is 0.335 e. The second-order valence-electron chi connectivity index (χ2n) is 9.68. The SMILES string of the molecule is CO[C@H](CN)Cn1c(Cc2ccc(-c3cccc(OCc4ccc(C#N)cc4F)n3)cc2)nc2ccc(C(=O)O)cc21. The van der Waals surface area contributed by atoms with Gasteiger partial charge in [0.05, 0.1) is 46.6 Å². The number of nitrogens with two attached hydrogens (primary N) is 1. The number of nitriles is 1. The second kappa shape index (κ2) is 12.6. The van der Waals surface area contributed by atoms with E-state index in [1.807, 2.05) is 47.0 Å². The molecule has 2 heterocycles. The third kappa shape index (κ3) is 6.28. The molecule has 9 nitrogen and oxygen atoms in total. The van der Waals surface area contributed by atoms with Gasteiger partial charge in [0.25, 0.3) is 0 Å². The Kier molecular flexibility index (Phi) is 8.52. The minimum absolute atomic E-state index is 0.0179. The molecular weight excluding hydrogens is 537 g/mol. The molecule has 0 spiro atoms. The normalized spacial score (nSPS) is 11.8. The minimum Gasteiger partial charge on any atom is -0.478 e. The van der Waals surface area contributed by atoms with E-state index in [4.69, 9.17) is 25.5 Å². The number of hydrogen-bond acceptors (Lipinski definition) is 7. The zero-order chi connectivity index (χ0) is 29.6. The molecule has 0 saturated carbocycles. The first kappa shape index (κ1) is 28.4. The summed E-state index contributed by atoms with van der Waals surface area (Å²) >= 11 is 0. The number of hydrogen-bond donors (Lipinski definition) is 2. The highest BCUT2D eigenvalue weighted by atomic mass is 19.1. The zero-order valence-electron chi connectivity index (χ0n) is 22.8. The van der Waals surface area contributed by atoms with Crippen molar-refractivity contribution in [1.29, 1.82) is 5.26 Å². The zero-order valence-corrected chi connectivity index (χ0v) is 22.8. The van der Waals surface area contributed by atoms with Gasteiger partial charge in [-0.2, -0.15) is 5.26 Å². The molecule has 3 N–H and O–H groups in total. The lowest BCUT2D eigenvalue weighted by Crippen LogP contribution is -2.28. The molecule has 3 aromatic carbocycles. The summed E-state index contributed by atoms with van der Waals surface area (Å²) in [5, 5.41) is 18.4. The molecule has 0 amide bonds. The molecule has 0 aliphatic carbocycles. The highest BCUT2D eigenvalue weighted by molar-refractivity contribution is 5.92. The van der Waals surface area contributed by atoms with Crippen LogP contribution in [-0.4, -0.2) is 45.4 Å². The molecule has 0 unspecified atom stereocenters. The lowest BCUT2D eigenvalue weighted by atomic mass is 10.1. The fraction of sp³-hybridized carbons (Fsp3) is 0.188. The van der Waals surface area contributed by atoms with Crippen molar-refractivity contribution in [3.8, 4) is 23.2 Å². The summed E-state index contributed by atoms with van der Waals surface area (Å²) in [6.45, 7) is 0.722. The number of nitrogens with zero attached hydrogens (tertiary/aromatic N) is 4. The van der Waals surface area contributed by atoms with Gasteiger partial charge in [0.2, 0.25) is 5.88 Å². The molecule has 0 aliphatic rings. The number of aromatic nitrogens is 3. The highest BCUT2D eigenvalue weighted by Gasteiger charge is 2.17. The first-order valence-corrected chi connectivity index (χ1v) is 13.2. The summed E-state index contributed by atoms with van der Waals surface area (Å²) < 4.78 is 27.4. The Hall–Kier alpha value is -5.11. The first-order chi connectivity index (χ1) is 20.4. The number of aromatic carboxylic acids is 1. The van der Waals surface area contributed by atoms with E-state index < -0.39 is 11.8 Å². The number of fused-ring (bicyclic) bond motifs is 1. The Bertz CT molecular complexity index is 1770. The van der Waals surface area contributed by atoms with Crippen molar-refractivity contribution in [2.45, 2.75) is 25.7 Å². The van der Waals surface area contributed by atoms with Crippen LogP contribution in [0.25, 0.3) is 22.3 Å². The number of carboxylic acid groups (broad SMARTS) is 1. The molecule has 42 heavy (non-hydrogen) atoms. The molecule has 0 saturated heterocycles. The molecule has 0 aliphatic heterocycles. The standard InChI is InChI=1S/C32H28FN5O4/c1-41-25(17-35)18-38-29-15-23(32(39)40)11-12-28(29)36-30(38)14-20-5-8-22(9-6-20)27-3-2-4-31(37-27)42-19-24-10-7-21(16-34)13-26(24)33/h2-13,15,25H,14,17-19,35H2,1H3,(H,39,40)/t25-/m1/s1. The lowest BCUT2D eigenvalue weighted by Gasteiger charge is -2.17. The number of pyridine rings is 1. The van der Waals surface area contributed by atoms with E-state index in [-0.39, 0.29) is 23.8 Å². The minimum atomic E-state index is -1.01. The lowest BCUT2D eigenvalue weighted by molar-refractivity contribution is 0.0697. The third-order valence-corrected chi connectivity index (χ3v) is 6.95. The van der Waals surface area contributed by atoms with Gasteiger partial charge in [-0.1, -0.05) is 36.4 Å². The van der Waals surface area contributed by atoms with Crippen molar-refractivity contribution in [3.63, 3.8) is 0 Å². The maximum atomic E-state index is 14.2. The first-order valence-electron chi connectivity index (χ1n) is 13.2. The predicted octanol–water partition coefficient (Wildman–Crippen LogP) is 4.95. The van der Waals surface area contributed by atoms with Crippen molar-refractivity contribution >= 4 is 17.0 Å². The molecule has 5 aromatic rings. The molecule has 5 rings (SSSR count). The highest BCUT2D eigenvalue weighted by Crippen LogP contribution is 2.25. The topological polar surface area (TPSA) is 136 Å². The van der Waals surface area contributed by atoms with E-state index in [1.54, 1.807) is 37.4 Å². The third-order valence-electron chi connectivity index (χ3n) is 6.95. The summed E-state index contributed by atoms with van der Waals surface area (Å²) in [6.07, 6.45) is 0.247. The summed E-state index contributed by atoms with van der Waals surface area (Å²) in [4.78, 5) is 20.9. The second-order valence-corrected chi connectivity index (χ2v) is 9.68. The Morgan fingerprint density at radius 3 is 2.60 bits per heavy atom. The van der Waals surface area contributed by atoms with Crippen molar-refractivity contribution in [3.05, 3.63) is 113 Å². The number of halogens is 1. The van der Waals surface area contributed by atoms with Gasteiger partial charge in [-0.15, -0.1) is 0 Å². The summed E-state index contributed by atoms with van der Waals surface area (Å²) in [5.41, 5.74) is 10.6. The van der Waals surface area contributed by atoms with Gasteiger partial charge in [0, 0.05) is 37.3 Å². The van der Waals surface area contributed by atoms with Crippen molar-refractivity contribution in [2.24, 2.45) is 5.73 Å². The van der Waals surface area contributed by atoms with Gasteiger partial charge in [-0.25, -0.2) is 19.2 Å². The number of rotatable bonds is 11. The number of imidazole rings is 1. The molecule has 212 valence electrons.